The summed E-state index contributed by atoms with van der Waals surface area (Å²) in [6.45, 7) is 6.29. The quantitative estimate of drug-likeness (QED) is 0.371. The van der Waals surface area contributed by atoms with E-state index >= 15 is 0 Å². The van der Waals surface area contributed by atoms with Crippen molar-refractivity contribution in [1.29, 1.82) is 0 Å². The lowest BCUT2D eigenvalue weighted by Crippen LogP contribution is -2.35. The van der Waals surface area contributed by atoms with Gasteiger partial charge in [-0.1, -0.05) is 13.8 Å². The molecule has 0 aliphatic rings. The zero-order valence-electron chi connectivity index (χ0n) is 11.1. The van der Waals surface area contributed by atoms with Crippen molar-refractivity contribution in [3.05, 3.63) is 6.07 Å². The van der Waals surface area contributed by atoms with E-state index in [1.807, 2.05) is 0 Å². The molecule has 7 nitrogen and oxygen atoms in total. The summed E-state index contributed by atoms with van der Waals surface area (Å²) >= 11 is 0. The molecule has 7 heteroatoms. The number of hydrogen-bond donors (Lipinski definition) is 5. The molecular formula is C11H22N6O. The summed E-state index contributed by atoms with van der Waals surface area (Å²) in [4.78, 5) is 7.89. The van der Waals surface area contributed by atoms with Crippen LogP contribution >= 0.6 is 0 Å². The van der Waals surface area contributed by atoms with E-state index in [-0.39, 0.29) is 5.95 Å². The fourth-order valence-electron chi connectivity index (χ4n) is 1.86. The molecule has 0 saturated carbocycles. The van der Waals surface area contributed by atoms with Crippen LogP contribution in [0.2, 0.25) is 0 Å². The molecule has 1 unspecified atom stereocenters. The Balaban J connectivity index is 2.65. The predicted molar refractivity (Wildman–Crippen MR) is 72.8 cm³/mol. The van der Waals surface area contributed by atoms with Gasteiger partial charge in [0, 0.05) is 12.6 Å². The van der Waals surface area contributed by atoms with Crippen molar-refractivity contribution in [2.24, 2.45) is 11.8 Å². The number of hydrogen-bond acceptors (Lipinski definition) is 7. The van der Waals surface area contributed by atoms with Gasteiger partial charge in [0.15, 0.2) is 0 Å². The summed E-state index contributed by atoms with van der Waals surface area (Å²) < 4.78 is 0. The van der Waals surface area contributed by atoms with Gasteiger partial charge in [0.1, 0.15) is 11.6 Å². The van der Waals surface area contributed by atoms with Crippen LogP contribution in [0.4, 0.5) is 17.6 Å². The largest absolute Gasteiger partial charge is 0.388 e. The van der Waals surface area contributed by atoms with Crippen molar-refractivity contribution in [3.8, 4) is 0 Å². The Morgan fingerprint density at radius 2 is 2.00 bits per heavy atom. The van der Waals surface area contributed by atoms with Crippen LogP contribution in [0, 0.1) is 5.92 Å². The number of nitrogens with one attached hydrogen (secondary N) is 2. The van der Waals surface area contributed by atoms with E-state index in [9.17, 15) is 5.11 Å². The Hall–Kier alpha value is -1.60. The zero-order chi connectivity index (χ0) is 13.8. The van der Waals surface area contributed by atoms with Crippen molar-refractivity contribution in [1.82, 2.24) is 9.97 Å². The van der Waals surface area contributed by atoms with E-state index in [1.165, 1.54) is 0 Å². The Bertz CT molecular complexity index is 393. The second-order valence-corrected chi connectivity index (χ2v) is 5.09. The minimum Gasteiger partial charge on any atom is -0.388 e. The minimum absolute atomic E-state index is 0.122. The fourth-order valence-corrected chi connectivity index (χ4v) is 1.86. The normalized spacial score (nSPS) is 14.3. The van der Waals surface area contributed by atoms with Gasteiger partial charge in [0.05, 0.1) is 5.60 Å². The average Bonchev–Trinajstić information content (AvgIpc) is 2.24. The van der Waals surface area contributed by atoms with Gasteiger partial charge in [-0.3, -0.25) is 0 Å². The summed E-state index contributed by atoms with van der Waals surface area (Å²) in [6.07, 6.45) is 0.697. The lowest BCUT2D eigenvalue weighted by molar-refractivity contribution is 0.0515. The summed E-state index contributed by atoms with van der Waals surface area (Å²) in [7, 11) is 0. The Morgan fingerprint density at radius 1 is 1.39 bits per heavy atom. The molecule has 0 aliphatic carbocycles. The summed E-state index contributed by atoms with van der Waals surface area (Å²) in [6, 6.07) is 1.63. The van der Waals surface area contributed by atoms with Gasteiger partial charge in [0.25, 0.3) is 0 Å². The van der Waals surface area contributed by atoms with Crippen LogP contribution in [-0.4, -0.2) is 27.2 Å². The molecule has 7 N–H and O–H groups in total. The third-order valence-electron chi connectivity index (χ3n) is 2.39. The molecule has 0 spiro atoms. The molecule has 0 radical (unpaired) electrons. The molecule has 0 aliphatic heterocycles. The molecule has 18 heavy (non-hydrogen) atoms. The maximum absolute atomic E-state index is 10.2. The van der Waals surface area contributed by atoms with Gasteiger partial charge in [-0.15, -0.1) is 0 Å². The molecule has 1 aromatic heterocycles. The van der Waals surface area contributed by atoms with E-state index < -0.39 is 5.60 Å². The predicted octanol–water partition coefficient (Wildman–Crippen LogP) is 0.553. The van der Waals surface area contributed by atoms with Gasteiger partial charge in [0.2, 0.25) is 5.95 Å². The molecule has 1 atom stereocenters. The first kappa shape index (κ1) is 14.5. The minimum atomic E-state index is -0.801. The van der Waals surface area contributed by atoms with Gasteiger partial charge in [-0.25, -0.2) is 5.84 Å². The molecule has 102 valence electrons. The van der Waals surface area contributed by atoms with Crippen molar-refractivity contribution >= 4 is 17.6 Å². The molecule has 0 aromatic carbocycles. The number of rotatable bonds is 6. The van der Waals surface area contributed by atoms with Crippen LogP contribution in [0.5, 0.6) is 0 Å². The third-order valence-corrected chi connectivity index (χ3v) is 2.39. The number of aliphatic hydroxyl groups is 1. The highest BCUT2D eigenvalue weighted by Gasteiger charge is 2.21. The maximum atomic E-state index is 10.2. The highest BCUT2D eigenvalue weighted by Crippen LogP contribution is 2.18. The average molecular weight is 254 g/mol. The van der Waals surface area contributed by atoms with Gasteiger partial charge < -0.3 is 21.6 Å². The molecule has 0 bridgehead atoms. The highest BCUT2D eigenvalue weighted by molar-refractivity contribution is 5.50. The van der Waals surface area contributed by atoms with Crippen molar-refractivity contribution < 1.29 is 5.11 Å². The summed E-state index contributed by atoms with van der Waals surface area (Å²) in [5.74, 6) is 6.75. The smallest absolute Gasteiger partial charge is 0.223 e. The van der Waals surface area contributed by atoms with E-state index in [0.717, 1.165) is 0 Å². The first-order valence-electron chi connectivity index (χ1n) is 5.90. The van der Waals surface area contributed by atoms with Crippen molar-refractivity contribution in [2.75, 3.05) is 23.0 Å². The number of nitrogens with zero attached hydrogens (tertiary/aromatic N) is 2. The Morgan fingerprint density at radius 3 is 2.56 bits per heavy atom. The topological polar surface area (TPSA) is 122 Å². The lowest BCUT2D eigenvalue weighted by atomic mass is 9.94. The van der Waals surface area contributed by atoms with E-state index in [0.29, 0.717) is 30.5 Å². The molecule has 0 saturated heterocycles. The van der Waals surface area contributed by atoms with Gasteiger partial charge in [-0.2, -0.15) is 9.97 Å². The van der Waals surface area contributed by atoms with Crippen molar-refractivity contribution in [3.63, 3.8) is 0 Å². The lowest BCUT2D eigenvalue weighted by Gasteiger charge is -2.25. The summed E-state index contributed by atoms with van der Waals surface area (Å²) in [5, 5.41) is 13.2. The molecule has 0 fully saturated rings. The van der Waals surface area contributed by atoms with Gasteiger partial charge >= 0.3 is 0 Å². The second kappa shape index (κ2) is 5.83. The molecular weight excluding hydrogens is 232 g/mol. The number of aromatic nitrogens is 2. The first-order chi connectivity index (χ1) is 8.32. The number of nitrogen functional groups attached to an aromatic ring is 2. The van der Waals surface area contributed by atoms with E-state index in [4.69, 9.17) is 11.6 Å². The Labute approximate surface area is 107 Å². The van der Waals surface area contributed by atoms with Gasteiger partial charge in [-0.05, 0) is 19.3 Å². The van der Waals surface area contributed by atoms with Crippen molar-refractivity contribution in [2.45, 2.75) is 32.8 Å². The van der Waals surface area contributed by atoms with Crippen LogP contribution in [0.15, 0.2) is 6.07 Å². The Kier molecular flexibility index (Phi) is 4.69. The van der Waals surface area contributed by atoms with E-state index in [1.54, 1.807) is 13.0 Å². The van der Waals surface area contributed by atoms with Crippen LogP contribution in [0.1, 0.15) is 27.2 Å². The maximum Gasteiger partial charge on any atom is 0.223 e. The van der Waals surface area contributed by atoms with Crippen LogP contribution in [0.25, 0.3) is 0 Å². The highest BCUT2D eigenvalue weighted by atomic mass is 16.3. The SMILES string of the molecule is CC(C)CC(C)(O)CNc1cc(NN)nc(N)n1. The van der Waals surface area contributed by atoms with E-state index in [2.05, 4.69) is 34.6 Å². The fraction of sp³-hybridized carbons (Fsp3) is 0.636. The standard InChI is InChI=1S/C11H22N6O/c1-7(2)5-11(3,18)6-14-8-4-9(17-13)16-10(12)15-8/h4,7,18H,5-6,13H2,1-3H3,(H4,12,14,15,16,17). The molecule has 1 heterocycles. The second-order valence-electron chi connectivity index (χ2n) is 5.09. The zero-order valence-corrected chi connectivity index (χ0v) is 11.1. The molecule has 1 aromatic rings. The number of hydrazine groups is 1. The van der Waals surface area contributed by atoms with Crippen LogP contribution in [0.3, 0.4) is 0 Å². The monoisotopic (exact) mass is 254 g/mol. The van der Waals surface area contributed by atoms with Crippen LogP contribution < -0.4 is 22.3 Å². The van der Waals surface area contributed by atoms with Crippen LogP contribution in [-0.2, 0) is 0 Å². The summed E-state index contributed by atoms with van der Waals surface area (Å²) in [5.41, 5.74) is 7.14. The number of anilines is 3. The third kappa shape index (κ3) is 4.72. The molecule has 1 rings (SSSR count). The first-order valence-corrected chi connectivity index (χ1v) is 5.90. The molecule has 0 amide bonds. The number of nitrogens with two attached hydrogens (primary N) is 2.